The van der Waals surface area contributed by atoms with Gasteiger partial charge in [0.15, 0.2) is 0 Å². The van der Waals surface area contributed by atoms with Crippen molar-refractivity contribution in [2.75, 3.05) is 0 Å². The Bertz CT molecular complexity index is 258. The zero-order chi connectivity index (χ0) is 10.4. The Balaban J connectivity index is 2.61. The van der Waals surface area contributed by atoms with E-state index in [2.05, 4.69) is 19.1 Å². The molecule has 0 bridgehead atoms. The summed E-state index contributed by atoms with van der Waals surface area (Å²) in [5.74, 6) is 0.630. The van der Waals surface area contributed by atoms with Crippen molar-refractivity contribution in [3.63, 3.8) is 0 Å². The Labute approximate surface area is 86.2 Å². The fourth-order valence-electron chi connectivity index (χ4n) is 1.85. The van der Waals surface area contributed by atoms with E-state index in [1.165, 1.54) is 5.57 Å². The Kier molecular flexibility index (Phi) is 4.64. The maximum Gasteiger partial charge on any atom is 0.100 e. The van der Waals surface area contributed by atoms with Gasteiger partial charge in [-0.1, -0.05) is 30.7 Å². The van der Waals surface area contributed by atoms with Gasteiger partial charge < -0.3 is 0 Å². The summed E-state index contributed by atoms with van der Waals surface area (Å²) in [7, 11) is 0. The van der Waals surface area contributed by atoms with Gasteiger partial charge in [-0.3, -0.25) is 0 Å². The van der Waals surface area contributed by atoms with E-state index < -0.39 is 0 Å². The summed E-state index contributed by atoms with van der Waals surface area (Å²) in [5, 5.41) is 0. The van der Waals surface area contributed by atoms with Gasteiger partial charge in [0.05, 0.1) is 0 Å². The molecule has 0 aromatic carbocycles. The zero-order valence-electron chi connectivity index (χ0n) is 9.09. The van der Waals surface area contributed by atoms with Crippen LogP contribution >= 0.6 is 0 Å². The predicted molar refractivity (Wildman–Crippen MR) is 59.7 cm³/mol. The molecule has 0 aromatic heterocycles. The lowest BCUT2D eigenvalue weighted by molar-refractivity contribution is 0.532. The summed E-state index contributed by atoms with van der Waals surface area (Å²) < 4.78 is 12.8. The van der Waals surface area contributed by atoms with E-state index in [0.29, 0.717) is 12.3 Å². The second-order valence-corrected chi connectivity index (χ2v) is 3.77. The van der Waals surface area contributed by atoms with Gasteiger partial charge in [-0.25, -0.2) is 4.39 Å². The van der Waals surface area contributed by atoms with E-state index in [9.17, 15) is 4.39 Å². The first-order chi connectivity index (χ1) is 6.77. The molecule has 1 aliphatic rings. The van der Waals surface area contributed by atoms with Crippen LogP contribution in [0.1, 0.15) is 39.5 Å². The molecule has 0 saturated carbocycles. The van der Waals surface area contributed by atoms with E-state index in [1.807, 2.05) is 13.0 Å². The summed E-state index contributed by atoms with van der Waals surface area (Å²) in [6.45, 7) is 4.24. The average molecular weight is 194 g/mol. The highest BCUT2D eigenvalue weighted by atomic mass is 19.1. The standard InChI is InChI=1S/C13H19F/c1-3-5-6-11(4-2)12-7-9-13(14)10-8-12/h3,5,7,9,11H,4,6,8,10H2,1-2H3/b5-3-. The summed E-state index contributed by atoms with van der Waals surface area (Å²) in [6.07, 6.45) is 11.6. The molecule has 0 saturated heterocycles. The molecular formula is C13H19F. The molecule has 1 atom stereocenters. The minimum absolute atomic E-state index is 0.0228. The highest BCUT2D eigenvalue weighted by Crippen LogP contribution is 2.29. The third-order valence-electron chi connectivity index (χ3n) is 2.80. The fraction of sp³-hybridized carbons (Fsp3) is 0.538. The molecule has 0 aromatic rings. The van der Waals surface area contributed by atoms with Gasteiger partial charge >= 0.3 is 0 Å². The fourth-order valence-corrected chi connectivity index (χ4v) is 1.85. The maximum absolute atomic E-state index is 12.8. The molecule has 0 nitrogen and oxygen atoms in total. The molecule has 0 amide bonds. The first kappa shape index (κ1) is 11.2. The van der Waals surface area contributed by atoms with E-state index in [-0.39, 0.29) is 5.83 Å². The smallest absolute Gasteiger partial charge is 0.100 e. The minimum atomic E-state index is 0.0228. The van der Waals surface area contributed by atoms with Crippen molar-refractivity contribution in [2.24, 2.45) is 5.92 Å². The number of rotatable bonds is 4. The monoisotopic (exact) mass is 194 g/mol. The van der Waals surface area contributed by atoms with Crippen LogP contribution in [-0.2, 0) is 0 Å². The van der Waals surface area contributed by atoms with Crippen LogP contribution in [0, 0.1) is 5.92 Å². The molecule has 1 rings (SSSR count). The summed E-state index contributed by atoms with van der Waals surface area (Å²) in [5.41, 5.74) is 1.41. The molecule has 0 aliphatic heterocycles. The SMILES string of the molecule is C/C=C\CC(CC)C1=CC=C(F)CC1. The largest absolute Gasteiger partial charge is 0.212 e. The van der Waals surface area contributed by atoms with E-state index in [4.69, 9.17) is 0 Å². The normalized spacial score (nSPS) is 19.4. The van der Waals surface area contributed by atoms with Gasteiger partial charge in [0.2, 0.25) is 0 Å². The predicted octanol–water partition coefficient (Wildman–Crippen LogP) is 4.55. The van der Waals surface area contributed by atoms with Gasteiger partial charge in [-0.15, -0.1) is 0 Å². The first-order valence-electron chi connectivity index (χ1n) is 5.44. The highest BCUT2D eigenvalue weighted by molar-refractivity contribution is 5.23. The van der Waals surface area contributed by atoms with Gasteiger partial charge in [0.25, 0.3) is 0 Å². The van der Waals surface area contributed by atoms with Crippen molar-refractivity contribution >= 4 is 0 Å². The van der Waals surface area contributed by atoms with E-state index >= 15 is 0 Å². The van der Waals surface area contributed by atoms with Crippen LogP contribution in [0.2, 0.25) is 0 Å². The van der Waals surface area contributed by atoms with Crippen LogP contribution in [0.15, 0.2) is 35.7 Å². The summed E-state index contributed by atoms with van der Waals surface area (Å²) in [6, 6.07) is 0. The topological polar surface area (TPSA) is 0 Å². The molecule has 0 fully saturated rings. The van der Waals surface area contributed by atoms with Gasteiger partial charge in [-0.05, 0) is 38.2 Å². The van der Waals surface area contributed by atoms with Crippen molar-refractivity contribution in [1.82, 2.24) is 0 Å². The third-order valence-corrected chi connectivity index (χ3v) is 2.80. The molecule has 78 valence electrons. The lowest BCUT2D eigenvalue weighted by Gasteiger charge is -2.19. The number of halogens is 1. The summed E-state index contributed by atoms with van der Waals surface area (Å²) >= 11 is 0. The molecule has 1 unspecified atom stereocenters. The molecule has 1 aliphatic carbocycles. The van der Waals surface area contributed by atoms with Crippen molar-refractivity contribution in [3.05, 3.63) is 35.7 Å². The molecular weight excluding hydrogens is 175 g/mol. The third kappa shape index (κ3) is 3.13. The lowest BCUT2D eigenvalue weighted by Crippen LogP contribution is -2.04. The zero-order valence-corrected chi connectivity index (χ0v) is 9.09. The second kappa shape index (κ2) is 5.79. The quantitative estimate of drug-likeness (QED) is 0.576. The Morgan fingerprint density at radius 1 is 1.43 bits per heavy atom. The Hall–Kier alpha value is -0.850. The molecule has 14 heavy (non-hydrogen) atoms. The number of hydrogen-bond acceptors (Lipinski definition) is 0. The minimum Gasteiger partial charge on any atom is -0.212 e. The number of allylic oxidation sites excluding steroid dienone is 6. The van der Waals surface area contributed by atoms with E-state index in [0.717, 1.165) is 19.3 Å². The first-order valence-corrected chi connectivity index (χ1v) is 5.44. The Morgan fingerprint density at radius 3 is 2.71 bits per heavy atom. The second-order valence-electron chi connectivity index (χ2n) is 3.77. The summed E-state index contributed by atoms with van der Waals surface area (Å²) in [4.78, 5) is 0. The number of hydrogen-bond donors (Lipinski definition) is 0. The van der Waals surface area contributed by atoms with Crippen LogP contribution in [-0.4, -0.2) is 0 Å². The molecule has 1 heteroatoms. The maximum atomic E-state index is 12.8. The van der Waals surface area contributed by atoms with E-state index in [1.54, 1.807) is 6.08 Å². The van der Waals surface area contributed by atoms with Crippen molar-refractivity contribution in [2.45, 2.75) is 39.5 Å². The average Bonchev–Trinajstić information content (AvgIpc) is 2.21. The van der Waals surface area contributed by atoms with Gasteiger partial charge in [-0.2, -0.15) is 0 Å². The molecule has 0 radical (unpaired) electrons. The molecule has 0 N–H and O–H groups in total. The van der Waals surface area contributed by atoms with Crippen LogP contribution in [0.25, 0.3) is 0 Å². The van der Waals surface area contributed by atoms with Crippen LogP contribution in [0.4, 0.5) is 4.39 Å². The van der Waals surface area contributed by atoms with Crippen molar-refractivity contribution in [3.8, 4) is 0 Å². The van der Waals surface area contributed by atoms with Crippen LogP contribution in [0.3, 0.4) is 0 Å². The molecule has 0 heterocycles. The van der Waals surface area contributed by atoms with Gasteiger partial charge in [0.1, 0.15) is 5.83 Å². The van der Waals surface area contributed by atoms with Crippen LogP contribution < -0.4 is 0 Å². The molecule has 0 spiro atoms. The van der Waals surface area contributed by atoms with Gasteiger partial charge in [0, 0.05) is 6.42 Å². The highest BCUT2D eigenvalue weighted by Gasteiger charge is 2.13. The van der Waals surface area contributed by atoms with Crippen molar-refractivity contribution < 1.29 is 4.39 Å². The van der Waals surface area contributed by atoms with Crippen LogP contribution in [0.5, 0.6) is 0 Å². The Morgan fingerprint density at radius 2 is 2.21 bits per heavy atom. The lowest BCUT2D eigenvalue weighted by atomic mass is 9.87. The van der Waals surface area contributed by atoms with Crippen molar-refractivity contribution in [1.29, 1.82) is 0 Å².